The molecule has 0 atom stereocenters. The number of nitrogens with one attached hydrogen (secondary N) is 1. The maximum Gasteiger partial charge on any atom is 0.275 e. The molecule has 0 aliphatic carbocycles. The number of rotatable bonds is 6. The van der Waals surface area contributed by atoms with Crippen molar-refractivity contribution in [1.82, 2.24) is 9.99 Å². The minimum atomic E-state index is -0.308. The molecular weight excluding hydrogens is 350 g/mol. The van der Waals surface area contributed by atoms with E-state index in [4.69, 9.17) is 4.74 Å². The molecule has 0 saturated heterocycles. The summed E-state index contributed by atoms with van der Waals surface area (Å²) in [4.78, 5) is 12.3. The van der Waals surface area contributed by atoms with E-state index in [9.17, 15) is 4.79 Å². The number of aromatic nitrogens is 1. The van der Waals surface area contributed by atoms with Gasteiger partial charge >= 0.3 is 0 Å². The van der Waals surface area contributed by atoms with E-state index in [0.717, 1.165) is 29.1 Å². The Morgan fingerprint density at radius 1 is 1.14 bits per heavy atom. The Morgan fingerprint density at radius 2 is 1.86 bits per heavy atom. The fraction of sp³-hybridized carbons (Fsp3) is 0.217. The standard InChI is InChI=1S/C23H25N3O2/c1-5-18-10-12-20(13-11-18)26-16(2)14-19(17(26)3)15-24-25-23(27)21-8-6-7-9-22(21)28-4/h6-15H,5H2,1-4H3,(H,25,27)/b24-15-. The monoisotopic (exact) mass is 375 g/mol. The number of hydrazone groups is 1. The molecule has 1 heterocycles. The number of methoxy groups -OCH3 is 1. The summed E-state index contributed by atoms with van der Waals surface area (Å²) in [6, 6.07) is 17.7. The van der Waals surface area contributed by atoms with E-state index in [2.05, 4.69) is 59.3 Å². The van der Waals surface area contributed by atoms with Crippen LogP contribution in [0, 0.1) is 13.8 Å². The largest absolute Gasteiger partial charge is 0.496 e. The molecular formula is C23H25N3O2. The molecule has 0 unspecified atom stereocenters. The molecule has 144 valence electrons. The van der Waals surface area contributed by atoms with Crippen LogP contribution in [0.15, 0.2) is 59.7 Å². The first-order valence-electron chi connectivity index (χ1n) is 9.29. The first kappa shape index (κ1) is 19.4. The second-order valence-corrected chi connectivity index (χ2v) is 6.58. The van der Waals surface area contributed by atoms with Crippen LogP contribution in [0.25, 0.3) is 5.69 Å². The third-order valence-corrected chi connectivity index (χ3v) is 4.79. The van der Waals surface area contributed by atoms with Gasteiger partial charge in [0.15, 0.2) is 0 Å². The molecule has 1 N–H and O–H groups in total. The minimum absolute atomic E-state index is 0.308. The van der Waals surface area contributed by atoms with E-state index in [-0.39, 0.29) is 5.91 Å². The highest BCUT2D eigenvalue weighted by Crippen LogP contribution is 2.20. The summed E-state index contributed by atoms with van der Waals surface area (Å²) in [5, 5.41) is 4.14. The van der Waals surface area contributed by atoms with Gasteiger partial charge in [0.25, 0.3) is 5.91 Å². The van der Waals surface area contributed by atoms with Crippen molar-refractivity contribution >= 4 is 12.1 Å². The van der Waals surface area contributed by atoms with Crippen molar-refractivity contribution in [1.29, 1.82) is 0 Å². The second kappa shape index (κ2) is 8.57. The molecule has 5 nitrogen and oxygen atoms in total. The Kier molecular flexibility index (Phi) is 5.94. The number of carbonyl (C=O) groups is 1. The molecule has 0 aliphatic heterocycles. The fourth-order valence-corrected chi connectivity index (χ4v) is 3.25. The maximum atomic E-state index is 12.3. The van der Waals surface area contributed by atoms with Gasteiger partial charge in [-0.05, 0) is 56.2 Å². The Labute approximate surface area is 165 Å². The third kappa shape index (κ3) is 3.98. The molecule has 1 aromatic heterocycles. The molecule has 3 aromatic rings. The first-order chi connectivity index (χ1) is 13.5. The Hall–Kier alpha value is -3.34. The SMILES string of the molecule is CCc1ccc(-n2c(C)cc(/C=N\NC(=O)c3ccccc3OC)c2C)cc1. The zero-order valence-corrected chi connectivity index (χ0v) is 16.7. The van der Waals surface area contributed by atoms with Crippen molar-refractivity contribution < 1.29 is 9.53 Å². The van der Waals surface area contributed by atoms with E-state index >= 15 is 0 Å². The van der Waals surface area contributed by atoms with Gasteiger partial charge in [0.1, 0.15) is 5.75 Å². The lowest BCUT2D eigenvalue weighted by atomic mass is 10.1. The summed E-state index contributed by atoms with van der Waals surface area (Å²) in [7, 11) is 1.54. The molecule has 28 heavy (non-hydrogen) atoms. The van der Waals surface area contributed by atoms with Gasteiger partial charge in [0.05, 0.1) is 18.9 Å². The van der Waals surface area contributed by atoms with Crippen molar-refractivity contribution in [2.75, 3.05) is 7.11 Å². The van der Waals surface area contributed by atoms with Crippen molar-refractivity contribution in [2.45, 2.75) is 27.2 Å². The molecule has 0 bridgehead atoms. The number of para-hydroxylation sites is 1. The molecule has 0 saturated carbocycles. The summed E-state index contributed by atoms with van der Waals surface area (Å²) in [6.45, 7) is 6.25. The van der Waals surface area contributed by atoms with Crippen molar-refractivity contribution in [3.63, 3.8) is 0 Å². The van der Waals surface area contributed by atoms with Gasteiger partial charge in [-0.15, -0.1) is 0 Å². The van der Waals surface area contributed by atoms with Gasteiger partial charge in [0.2, 0.25) is 0 Å². The predicted octanol–water partition coefficient (Wildman–Crippen LogP) is 4.43. The van der Waals surface area contributed by atoms with Crippen LogP contribution in [-0.4, -0.2) is 23.8 Å². The number of aryl methyl sites for hydroxylation is 2. The van der Waals surface area contributed by atoms with Gasteiger partial charge in [0, 0.05) is 22.6 Å². The van der Waals surface area contributed by atoms with Crippen LogP contribution >= 0.6 is 0 Å². The zero-order chi connectivity index (χ0) is 20.1. The lowest BCUT2D eigenvalue weighted by Crippen LogP contribution is -2.18. The molecule has 2 aromatic carbocycles. The van der Waals surface area contributed by atoms with Crippen LogP contribution in [0.4, 0.5) is 0 Å². The lowest BCUT2D eigenvalue weighted by molar-refractivity contribution is 0.0952. The normalized spacial score (nSPS) is 11.0. The summed E-state index contributed by atoms with van der Waals surface area (Å²) in [5.41, 5.74) is 8.58. The Bertz CT molecular complexity index is 1000. The van der Waals surface area contributed by atoms with E-state index in [1.165, 1.54) is 12.7 Å². The Morgan fingerprint density at radius 3 is 2.54 bits per heavy atom. The average Bonchev–Trinajstić information content (AvgIpc) is 3.01. The highest BCUT2D eigenvalue weighted by Gasteiger charge is 2.11. The quantitative estimate of drug-likeness (QED) is 0.512. The molecule has 0 fully saturated rings. The lowest BCUT2D eigenvalue weighted by Gasteiger charge is -2.10. The van der Waals surface area contributed by atoms with Crippen LogP contribution in [0.1, 0.15) is 39.8 Å². The number of nitrogens with zero attached hydrogens (tertiary/aromatic N) is 2. The van der Waals surface area contributed by atoms with Gasteiger partial charge < -0.3 is 9.30 Å². The zero-order valence-electron chi connectivity index (χ0n) is 16.7. The van der Waals surface area contributed by atoms with Crippen LogP contribution < -0.4 is 10.2 Å². The predicted molar refractivity (Wildman–Crippen MR) is 113 cm³/mol. The number of hydrogen-bond donors (Lipinski definition) is 1. The van der Waals surface area contributed by atoms with Crippen LogP contribution in [0.2, 0.25) is 0 Å². The number of amides is 1. The molecule has 1 amide bonds. The minimum Gasteiger partial charge on any atom is -0.496 e. The first-order valence-corrected chi connectivity index (χ1v) is 9.29. The van der Waals surface area contributed by atoms with Crippen molar-refractivity contribution in [3.05, 3.63) is 82.7 Å². The topological polar surface area (TPSA) is 55.6 Å². The van der Waals surface area contributed by atoms with Crippen molar-refractivity contribution in [2.24, 2.45) is 5.10 Å². The maximum absolute atomic E-state index is 12.3. The molecule has 5 heteroatoms. The van der Waals surface area contributed by atoms with Crippen LogP contribution in [0.5, 0.6) is 5.75 Å². The van der Waals surface area contributed by atoms with E-state index in [1.807, 2.05) is 13.0 Å². The summed E-state index contributed by atoms with van der Waals surface area (Å²) in [5.74, 6) is 0.210. The molecule has 0 radical (unpaired) electrons. The number of benzene rings is 2. The van der Waals surface area contributed by atoms with E-state index in [0.29, 0.717) is 11.3 Å². The summed E-state index contributed by atoms with van der Waals surface area (Å²) in [6.07, 6.45) is 2.69. The average molecular weight is 375 g/mol. The van der Waals surface area contributed by atoms with Gasteiger partial charge in [-0.1, -0.05) is 31.2 Å². The molecule has 0 aliphatic rings. The Balaban J connectivity index is 1.78. The number of hydrogen-bond acceptors (Lipinski definition) is 3. The van der Waals surface area contributed by atoms with Crippen LogP contribution in [0.3, 0.4) is 0 Å². The fourth-order valence-electron chi connectivity index (χ4n) is 3.25. The van der Waals surface area contributed by atoms with Gasteiger partial charge in [-0.3, -0.25) is 4.79 Å². The highest BCUT2D eigenvalue weighted by atomic mass is 16.5. The summed E-state index contributed by atoms with van der Waals surface area (Å²) < 4.78 is 7.40. The van der Waals surface area contributed by atoms with Gasteiger partial charge in [-0.25, -0.2) is 5.43 Å². The van der Waals surface area contributed by atoms with Crippen LogP contribution in [-0.2, 0) is 6.42 Å². The molecule has 0 spiro atoms. The smallest absolute Gasteiger partial charge is 0.275 e. The van der Waals surface area contributed by atoms with E-state index < -0.39 is 0 Å². The van der Waals surface area contributed by atoms with Crippen molar-refractivity contribution in [3.8, 4) is 11.4 Å². The second-order valence-electron chi connectivity index (χ2n) is 6.58. The molecule has 3 rings (SSSR count). The summed E-state index contributed by atoms with van der Waals surface area (Å²) >= 11 is 0. The van der Waals surface area contributed by atoms with E-state index in [1.54, 1.807) is 24.4 Å². The van der Waals surface area contributed by atoms with Gasteiger partial charge in [-0.2, -0.15) is 5.10 Å². The third-order valence-electron chi connectivity index (χ3n) is 4.79. The number of ether oxygens (including phenoxy) is 1. The highest BCUT2D eigenvalue weighted by molar-refractivity contribution is 5.97. The number of carbonyl (C=O) groups excluding carboxylic acids is 1.